The van der Waals surface area contributed by atoms with E-state index >= 15 is 0 Å². The molecule has 4 bridgehead atoms. The van der Waals surface area contributed by atoms with Crippen LogP contribution in [0.2, 0.25) is 0 Å². The monoisotopic (exact) mass is 323 g/mol. The lowest BCUT2D eigenvalue weighted by Gasteiger charge is -2.57. The van der Waals surface area contributed by atoms with Crippen LogP contribution < -0.4 is 5.32 Å². The summed E-state index contributed by atoms with van der Waals surface area (Å²) < 4.78 is 0. The van der Waals surface area contributed by atoms with E-state index in [0.717, 1.165) is 37.1 Å². The van der Waals surface area contributed by atoms with Crippen LogP contribution in [-0.4, -0.2) is 12.5 Å². The van der Waals surface area contributed by atoms with Crippen LogP contribution in [0, 0.1) is 23.2 Å². The summed E-state index contributed by atoms with van der Waals surface area (Å²) in [6.07, 6.45) is 12.1. The second kappa shape index (κ2) is 5.34. The third-order valence-corrected chi connectivity index (χ3v) is 7.62. The third kappa shape index (κ3) is 2.41. The number of carbonyl (C=O) groups is 1. The van der Waals surface area contributed by atoms with Gasteiger partial charge in [-0.1, -0.05) is 30.3 Å². The van der Waals surface area contributed by atoms with Gasteiger partial charge in [0, 0.05) is 6.54 Å². The number of nitrogens with one attached hydrogen (secondary N) is 1. The highest BCUT2D eigenvalue weighted by Crippen LogP contribution is 2.61. The molecule has 1 aromatic carbocycles. The molecule has 24 heavy (non-hydrogen) atoms. The zero-order chi connectivity index (χ0) is 16.2. The van der Waals surface area contributed by atoms with Gasteiger partial charge in [-0.3, -0.25) is 4.79 Å². The fourth-order valence-corrected chi connectivity index (χ4v) is 6.74. The predicted molar refractivity (Wildman–Crippen MR) is 95.6 cm³/mol. The topological polar surface area (TPSA) is 29.1 Å². The predicted octanol–water partition coefficient (Wildman–Crippen LogP) is 4.44. The summed E-state index contributed by atoms with van der Waals surface area (Å²) in [5, 5.41) is 3.32. The summed E-state index contributed by atoms with van der Waals surface area (Å²) in [5.41, 5.74) is 1.58. The molecular weight excluding hydrogens is 294 g/mol. The van der Waals surface area contributed by atoms with Gasteiger partial charge in [0.1, 0.15) is 0 Å². The van der Waals surface area contributed by atoms with Gasteiger partial charge in [0.15, 0.2) is 0 Å². The third-order valence-electron chi connectivity index (χ3n) is 7.62. The van der Waals surface area contributed by atoms with Gasteiger partial charge in [0.25, 0.3) is 0 Å². The lowest BCUT2D eigenvalue weighted by molar-refractivity contribution is -0.124. The molecule has 0 aliphatic heterocycles. The normalized spacial score (nSPS) is 38.1. The van der Waals surface area contributed by atoms with E-state index in [1.807, 2.05) is 6.07 Å². The van der Waals surface area contributed by atoms with Crippen LogP contribution in [0.5, 0.6) is 0 Å². The molecule has 0 heterocycles. The number of benzene rings is 1. The van der Waals surface area contributed by atoms with Gasteiger partial charge in [0.2, 0.25) is 5.91 Å². The van der Waals surface area contributed by atoms with Gasteiger partial charge < -0.3 is 5.32 Å². The molecule has 2 nitrogen and oxygen atoms in total. The molecule has 1 aromatic rings. The first-order valence-corrected chi connectivity index (χ1v) is 10.0. The van der Waals surface area contributed by atoms with Crippen LogP contribution in [-0.2, 0) is 10.2 Å². The second-order valence-electron chi connectivity index (χ2n) is 9.37. The van der Waals surface area contributed by atoms with Crippen LogP contribution in [0.4, 0.5) is 0 Å². The first-order valence-electron chi connectivity index (χ1n) is 10.0. The number of carbonyl (C=O) groups excluding carboxylic acids is 1. The Morgan fingerprint density at radius 1 is 0.958 bits per heavy atom. The van der Waals surface area contributed by atoms with E-state index in [-0.39, 0.29) is 11.3 Å². The van der Waals surface area contributed by atoms with Crippen molar-refractivity contribution in [1.82, 2.24) is 5.32 Å². The van der Waals surface area contributed by atoms with Crippen molar-refractivity contribution in [3.63, 3.8) is 0 Å². The Morgan fingerprint density at radius 2 is 1.54 bits per heavy atom. The first kappa shape index (κ1) is 15.0. The van der Waals surface area contributed by atoms with Gasteiger partial charge in [0.05, 0.1) is 5.41 Å². The van der Waals surface area contributed by atoms with Crippen molar-refractivity contribution < 1.29 is 4.79 Å². The van der Waals surface area contributed by atoms with Crippen molar-refractivity contribution in [1.29, 1.82) is 0 Å². The summed E-state index contributed by atoms with van der Waals surface area (Å²) in [5.74, 6) is 3.29. The maximum atomic E-state index is 12.8. The van der Waals surface area contributed by atoms with Gasteiger partial charge in [-0.2, -0.15) is 0 Å². The van der Waals surface area contributed by atoms with Gasteiger partial charge in [-0.15, -0.1) is 0 Å². The fraction of sp³-hybridized carbons (Fsp3) is 0.682. The molecule has 5 saturated carbocycles. The Hall–Kier alpha value is -1.31. The van der Waals surface area contributed by atoms with E-state index in [2.05, 4.69) is 29.6 Å². The number of rotatable bonds is 5. The van der Waals surface area contributed by atoms with Gasteiger partial charge >= 0.3 is 0 Å². The SMILES string of the molecule is O=C(NCCC12CC3CC(CC(C3)C1)C2)C1(c2ccccc2)CC1. The molecule has 2 heteroatoms. The zero-order valence-corrected chi connectivity index (χ0v) is 14.6. The van der Waals surface area contributed by atoms with E-state index in [9.17, 15) is 4.79 Å². The minimum Gasteiger partial charge on any atom is -0.355 e. The lowest BCUT2D eigenvalue weighted by atomic mass is 9.49. The summed E-state index contributed by atoms with van der Waals surface area (Å²) in [6, 6.07) is 10.4. The van der Waals surface area contributed by atoms with Gasteiger partial charge in [-0.25, -0.2) is 0 Å². The van der Waals surface area contributed by atoms with E-state index in [1.165, 1.54) is 50.5 Å². The molecule has 5 fully saturated rings. The Labute approximate surface area is 145 Å². The highest BCUT2D eigenvalue weighted by Gasteiger charge is 2.52. The Bertz CT molecular complexity index is 595. The van der Waals surface area contributed by atoms with E-state index in [1.54, 1.807) is 0 Å². The molecule has 0 saturated heterocycles. The minimum atomic E-state index is -0.206. The minimum absolute atomic E-state index is 0.206. The molecule has 5 aliphatic rings. The molecule has 0 unspecified atom stereocenters. The van der Waals surface area contributed by atoms with Crippen LogP contribution >= 0.6 is 0 Å². The molecule has 0 aromatic heterocycles. The number of hydrogen-bond acceptors (Lipinski definition) is 1. The molecule has 0 spiro atoms. The van der Waals surface area contributed by atoms with Crippen molar-refractivity contribution in [2.45, 2.75) is 63.2 Å². The average Bonchev–Trinajstić information content (AvgIpc) is 3.36. The Balaban J connectivity index is 1.21. The first-order chi connectivity index (χ1) is 11.7. The van der Waals surface area contributed by atoms with Crippen molar-refractivity contribution in [2.24, 2.45) is 23.2 Å². The average molecular weight is 323 g/mol. The largest absolute Gasteiger partial charge is 0.355 e. The maximum Gasteiger partial charge on any atom is 0.230 e. The fourth-order valence-electron chi connectivity index (χ4n) is 6.74. The van der Waals surface area contributed by atoms with Crippen LogP contribution in [0.15, 0.2) is 30.3 Å². The molecule has 0 radical (unpaired) electrons. The van der Waals surface area contributed by atoms with Gasteiger partial charge in [-0.05, 0) is 86.5 Å². The van der Waals surface area contributed by atoms with Crippen molar-refractivity contribution in [2.75, 3.05) is 6.54 Å². The van der Waals surface area contributed by atoms with E-state index in [0.29, 0.717) is 5.41 Å². The van der Waals surface area contributed by atoms with Crippen molar-refractivity contribution in [3.8, 4) is 0 Å². The standard InChI is InChI=1S/C22H29NO/c24-20(22(6-7-22)19-4-2-1-3-5-19)23-9-8-21-13-16-10-17(14-21)12-18(11-16)15-21/h1-5,16-18H,6-15H2,(H,23,24). The Morgan fingerprint density at radius 3 is 2.08 bits per heavy atom. The summed E-state index contributed by atoms with van der Waals surface area (Å²) in [7, 11) is 0. The summed E-state index contributed by atoms with van der Waals surface area (Å²) in [6.45, 7) is 0.888. The highest BCUT2D eigenvalue weighted by atomic mass is 16.2. The molecule has 0 atom stereocenters. The smallest absolute Gasteiger partial charge is 0.230 e. The van der Waals surface area contributed by atoms with Crippen molar-refractivity contribution in [3.05, 3.63) is 35.9 Å². The van der Waals surface area contributed by atoms with Crippen LogP contribution in [0.1, 0.15) is 63.4 Å². The van der Waals surface area contributed by atoms with Crippen molar-refractivity contribution >= 4 is 5.91 Å². The molecule has 128 valence electrons. The molecule has 1 amide bonds. The summed E-state index contributed by atoms with van der Waals surface area (Å²) >= 11 is 0. The van der Waals surface area contributed by atoms with E-state index in [4.69, 9.17) is 0 Å². The molecular formula is C22H29NO. The highest BCUT2D eigenvalue weighted by molar-refractivity contribution is 5.91. The summed E-state index contributed by atoms with van der Waals surface area (Å²) in [4.78, 5) is 12.8. The van der Waals surface area contributed by atoms with Crippen LogP contribution in [0.3, 0.4) is 0 Å². The number of amides is 1. The quantitative estimate of drug-likeness (QED) is 0.852. The molecule has 1 N–H and O–H groups in total. The number of hydrogen-bond donors (Lipinski definition) is 1. The lowest BCUT2D eigenvalue weighted by Crippen LogP contribution is -2.47. The molecule has 6 rings (SSSR count). The zero-order valence-electron chi connectivity index (χ0n) is 14.6. The second-order valence-corrected chi connectivity index (χ2v) is 9.37. The van der Waals surface area contributed by atoms with E-state index < -0.39 is 0 Å². The van der Waals surface area contributed by atoms with Crippen LogP contribution in [0.25, 0.3) is 0 Å². The molecule has 5 aliphatic carbocycles. The Kier molecular flexibility index (Phi) is 3.34. The maximum absolute atomic E-state index is 12.8.